The van der Waals surface area contributed by atoms with Crippen molar-refractivity contribution in [3.63, 3.8) is 0 Å². The molecule has 0 unspecified atom stereocenters. The van der Waals surface area contributed by atoms with Crippen molar-refractivity contribution < 1.29 is 9.47 Å². The van der Waals surface area contributed by atoms with Crippen LogP contribution in [0, 0.1) is 5.92 Å². The Morgan fingerprint density at radius 2 is 1.62 bits per heavy atom. The highest BCUT2D eigenvalue weighted by molar-refractivity contribution is 5.55. The van der Waals surface area contributed by atoms with Gasteiger partial charge in [-0.2, -0.15) is 0 Å². The van der Waals surface area contributed by atoms with Crippen molar-refractivity contribution in [3.8, 4) is 11.5 Å². The van der Waals surface area contributed by atoms with Crippen LogP contribution in [0.2, 0.25) is 0 Å². The standard InChI is InChI=1S/C23H29NO2/c1-15(2)11-12-24-23-16(3)22(17-9-7-6-8-10-17)18-13-20(25-4)21(26-5)14-19(18)23/h6-11,13-14,16,22-24H,12H2,1-5H3/t16-,22+,23+/m1/s1. The maximum Gasteiger partial charge on any atom is 0.161 e. The average molecular weight is 351 g/mol. The lowest BCUT2D eigenvalue weighted by molar-refractivity contribution is 0.354. The summed E-state index contributed by atoms with van der Waals surface area (Å²) in [5.74, 6) is 2.37. The third-order valence-corrected chi connectivity index (χ3v) is 5.32. The quantitative estimate of drug-likeness (QED) is 0.736. The zero-order valence-electron chi connectivity index (χ0n) is 16.4. The minimum atomic E-state index is 0.283. The van der Waals surface area contributed by atoms with E-state index >= 15 is 0 Å². The number of rotatable bonds is 6. The molecule has 0 amide bonds. The van der Waals surface area contributed by atoms with Gasteiger partial charge in [0.25, 0.3) is 0 Å². The third-order valence-electron chi connectivity index (χ3n) is 5.32. The number of ether oxygens (including phenoxy) is 2. The van der Waals surface area contributed by atoms with E-state index in [9.17, 15) is 0 Å². The van der Waals surface area contributed by atoms with E-state index in [0.29, 0.717) is 11.8 Å². The molecule has 0 bridgehead atoms. The number of benzene rings is 2. The zero-order chi connectivity index (χ0) is 18.7. The van der Waals surface area contributed by atoms with Crippen LogP contribution >= 0.6 is 0 Å². The molecule has 0 radical (unpaired) electrons. The molecule has 3 heteroatoms. The molecule has 0 aliphatic heterocycles. The van der Waals surface area contributed by atoms with Crippen LogP contribution in [0.3, 0.4) is 0 Å². The van der Waals surface area contributed by atoms with E-state index in [1.807, 2.05) is 0 Å². The first-order valence-corrected chi connectivity index (χ1v) is 9.24. The Morgan fingerprint density at radius 3 is 2.19 bits per heavy atom. The van der Waals surface area contributed by atoms with Crippen LogP contribution in [0.1, 0.15) is 49.4 Å². The van der Waals surface area contributed by atoms with Crippen LogP contribution in [0.4, 0.5) is 0 Å². The predicted molar refractivity (Wildman–Crippen MR) is 107 cm³/mol. The molecule has 26 heavy (non-hydrogen) atoms. The number of hydrogen-bond acceptors (Lipinski definition) is 3. The van der Waals surface area contributed by atoms with Gasteiger partial charge >= 0.3 is 0 Å². The van der Waals surface area contributed by atoms with Gasteiger partial charge in [-0.3, -0.25) is 0 Å². The van der Waals surface area contributed by atoms with Crippen LogP contribution in [0.5, 0.6) is 11.5 Å². The molecule has 3 atom stereocenters. The fourth-order valence-electron chi connectivity index (χ4n) is 4.04. The summed E-state index contributed by atoms with van der Waals surface area (Å²) >= 11 is 0. The molecule has 0 saturated carbocycles. The molecule has 0 fully saturated rings. The first kappa shape index (κ1) is 18.5. The normalized spacial score (nSPS) is 21.2. The molecule has 1 N–H and O–H groups in total. The Bertz CT molecular complexity index is 778. The van der Waals surface area contributed by atoms with Crippen LogP contribution in [-0.4, -0.2) is 20.8 Å². The van der Waals surface area contributed by atoms with E-state index < -0.39 is 0 Å². The largest absolute Gasteiger partial charge is 0.493 e. The van der Waals surface area contributed by atoms with Crippen molar-refractivity contribution in [3.05, 3.63) is 70.8 Å². The summed E-state index contributed by atoms with van der Waals surface area (Å²) in [6, 6.07) is 15.3. The first-order chi connectivity index (χ1) is 12.6. The van der Waals surface area contributed by atoms with Gasteiger partial charge in [0.1, 0.15) is 0 Å². The lowest BCUT2D eigenvalue weighted by atomic mass is 9.86. The summed E-state index contributed by atoms with van der Waals surface area (Å²) in [6.07, 6.45) is 2.24. The maximum absolute atomic E-state index is 5.57. The number of fused-ring (bicyclic) bond motifs is 1. The second-order valence-electron chi connectivity index (χ2n) is 7.25. The Balaban J connectivity index is 2.06. The summed E-state index contributed by atoms with van der Waals surface area (Å²) < 4.78 is 11.1. The molecule has 3 nitrogen and oxygen atoms in total. The zero-order valence-corrected chi connectivity index (χ0v) is 16.4. The van der Waals surface area contributed by atoms with Crippen molar-refractivity contribution >= 4 is 0 Å². The molecular weight excluding hydrogens is 322 g/mol. The Morgan fingerprint density at radius 1 is 1.00 bits per heavy atom. The van der Waals surface area contributed by atoms with Crippen LogP contribution in [0.15, 0.2) is 54.1 Å². The van der Waals surface area contributed by atoms with E-state index in [0.717, 1.165) is 18.0 Å². The van der Waals surface area contributed by atoms with Gasteiger partial charge in [0.05, 0.1) is 14.2 Å². The second-order valence-corrected chi connectivity index (χ2v) is 7.25. The van der Waals surface area contributed by atoms with Crippen molar-refractivity contribution in [2.24, 2.45) is 5.92 Å². The van der Waals surface area contributed by atoms with Gasteiger partial charge in [0.2, 0.25) is 0 Å². The minimum absolute atomic E-state index is 0.283. The molecule has 138 valence electrons. The summed E-state index contributed by atoms with van der Waals surface area (Å²) in [6.45, 7) is 7.46. The molecule has 0 saturated heterocycles. The van der Waals surface area contributed by atoms with Crippen LogP contribution in [-0.2, 0) is 0 Å². The summed E-state index contributed by atoms with van der Waals surface area (Å²) in [5, 5.41) is 3.73. The first-order valence-electron chi connectivity index (χ1n) is 9.24. The lowest BCUT2D eigenvalue weighted by Crippen LogP contribution is -2.25. The topological polar surface area (TPSA) is 30.5 Å². The van der Waals surface area contributed by atoms with Crippen LogP contribution in [0.25, 0.3) is 0 Å². The highest BCUT2D eigenvalue weighted by Gasteiger charge is 2.39. The highest BCUT2D eigenvalue weighted by Crippen LogP contribution is 2.51. The summed E-state index contributed by atoms with van der Waals surface area (Å²) in [4.78, 5) is 0. The number of allylic oxidation sites excluding steroid dienone is 1. The smallest absolute Gasteiger partial charge is 0.161 e. The monoisotopic (exact) mass is 351 g/mol. The third kappa shape index (κ3) is 3.49. The van der Waals surface area contributed by atoms with Gasteiger partial charge in [0, 0.05) is 18.5 Å². The maximum atomic E-state index is 5.57. The number of methoxy groups -OCH3 is 2. The SMILES string of the molecule is COc1cc2c(cc1OC)[C@@H](NCC=C(C)C)[C@H](C)[C@H]2c1ccccc1. The molecule has 1 aliphatic rings. The molecule has 0 spiro atoms. The highest BCUT2D eigenvalue weighted by atomic mass is 16.5. The van der Waals surface area contributed by atoms with E-state index in [-0.39, 0.29) is 6.04 Å². The molecule has 0 aromatic heterocycles. The molecule has 3 rings (SSSR count). The Kier molecular flexibility index (Phi) is 5.67. The van der Waals surface area contributed by atoms with E-state index in [2.05, 4.69) is 74.6 Å². The molecule has 1 aliphatic carbocycles. The fraction of sp³-hybridized carbons (Fsp3) is 0.391. The van der Waals surface area contributed by atoms with E-state index in [1.54, 1.807) is 14.2 Å². The van der Waals surface area contributed by atoms with Crippen molar-refractivity contribution in [1.29, 1.82) is 0 Å². The van der Waals surface area contributed by atoms with Gasteiger partial charge in [-0.25, -0.2) is 0 Å². The Labute approximate surface area is 157 Å². The summed E-state index contributed by atoms with van der Waals surface area (Å²) in [5.41, 5.74) is 5.32. The van der Waals surface area contributed by atoms with Crippen molar-refractivity contribution in [2.45, 2.75) is 32.7 Å². The second kappa shape index (κ2) is 7.96. The van der Waals surface area contributed by atoms with Crippen molar-refractivity contribution in [2.75, 3.05) is 20.8 Å². The van der Waals surface area contributed by atoms with Gasteiger partial charge in [-0.15, -0.1) is 0 Å². The molecule has 0 heterocycles. The average Bonchev–Trinajstić information content (AvgIpc) is 2.92. The fourth-order valence-corrected chi connectivity index (χ4v) is 4.04. The number of hydrogen-bond donors (Lipinski definition) is 1. The van der Waals surface area contributed by atoms with Gasteiger partial charge in [-0.05, 0) is 48.6 Å². The predicted octanol–water partition coefficient (Wildman–Crippen LogP) is 5.08. The Hall–Kier alpha value is -2.26. The lowest BCUT2D eigenvalue weighted by Gasteiger charge is -2.22. The van der Waals surface area contributed by atoms with Gasteiger partial charge in [0.15, 0.2) is 11.5 Å². The minimum Gasteiger partial charge on any atom is -0.493 e. The molecular formula is C23H29NO2. The van der Waals surface area contributed by atoms with E-state index in [4.69, 9.17) is 9.47 Å². The van der Waals surface area contributed by atoms with E-state index in [1.165, 1.54) is 22.3 Å². The van der Waals surface area contributed by atoms with Crippen LogP contribution < -0.4 is 14.8 Å². The van der Waals surface area contributed by atoms with Gasteiger partial charge in [-0.1, -0.05) is 48.9 Å². The molecule has 2 aromatic rings. The molecule has 2 aromatic carbocycles. The summed E-state index contributed by atoms with van der Waals surface area (Å²) in [7, 11) is 3.40. The van der Waals surface area contributed by atoms with Crippen molar-refractivity contribution in [1.82, 2.24) is 5.32 Å². The number of nitrogens with one attached hydrogen (secondary N) is 1. The van der Waals surface area contributed by atoms with Gasteiger partial charge < -0.3 is 14.8 Å².